The molecule has 6 heteroatoms. The molecule has 0 aliphatic heterocycles. The van der Waals surface area contributed by atoms with E-state index in [-0.39, 0.29) is 12.5 Å². The Morgan fingerprint density at radius 2 is 1.88 bits per heavy atom. The summed E-state index contributed by atoms with van der Waals surface area (Å²) in [6, 6.07) is 15.8. The Labute approximate surface area is 144 Å². The van der Waals surface area contributed by atoms with Gasteiger partial charge in [0.1, 0.15) is 0 Å². The first kappa shape index (κ1) is 16.2. The standard InChI is InChI=1S/C18H16ClN3O2/c19-15-6-2-13(3-7-15)17(23)12-20-18(24)14-4-8-16(9-5-14)22-11-1-10-21-22/h1-11,17,23H,12H2,(H,20,24). The number of hydrogen-bond donors (Lipinski definition) is 2. The smallest absolute Gasteiger partial charge is 0.251 e. The lowest BCUT2D eigenvalue weighted by Gasteiger charge is -2.12. The average molecular weight is 342 g/mol. The lowest BCUT2D eigenvalue weighted by molar-refractivity contribution is 0.0916. The summed E-state index contributed by atoms with van der Waals surface area (Å²) in [5, 5.41) is 17.6. The SMILES string of the molecule is O=C(NCC(O)c1ccc(Cl)cc1)c1ccc(-n2cccn2)cc1. The topological polar surface area (TPSA) is 67.2 Å². The maximum absolute atomic E-state index is 12.2. The molecule has 0 aliphatic rings. The van der Waals surface area contributed by atoms with Crippen molar-refractivity contribution < 1.29 is 9.90 Å². The summed E-state index contributed by atoms with van der Waals surface area (Å²) in [5.41, 5.74) is 2.10. The summed E-state index contributed by atoms with van der Waals surface area (Å²) in [7, 11) is 0. The minimum Gasteiger partial charge on any atom is -0.387 e. The maximum atomic E-state index is 12.2. The molecule has 1 atom stereocenters. The molecule has 1 unspecified atom stereocenters. The average Bonchev–Trinajstić information content (AvgIpc) is 3.15. The number of benzene rings is 2. The van der Waals surface area contributed by atoms with Gasteiger partial charge in [-0.2, -0.15) is 5.10 Å². The van der Waals surface area contributed by atoms with Gasteiger partial charge in [0.2, 0.25) is 0 Å². The third-order valence-electron chi connectivity index (χ3n) is 3.61. The molecule has 0 saturated carbocycles. The van der Waals surface area contributed by atoms with E-state index in [1.165, 1.54) is 0 Å². The van der Waals surface area contributed by atoms with Crippen molar-refractivity contribution in [2.24, 2.45) is 0 Å². The van der Waals surface area contributed by atoms with Crippen molar-refractivity contribution in [2.75, 3.05) is 6.54 Å². The van der Waals surface area contributed by atoms with Crippen LogP contribution in [0.1, 0.15) is 22.0 Å². The normalized spacial score (nSPS) is 11.9. The molecule has 0 bridgehead atoms. The Morgan fingerprint density at radius 3 is 2.50 bits per heavy atom. The van der Waals surface area contributed by atoms with Gasteiger partial charge in [0.15, 0.2) is 0 Å². The molecule has 0 spiro atoms. The molecule has 5 nitrogen and oxygen atoms in total. The summed E-state index contributed by atoms with van der Waals surface area (Å²) < 4.78 is 1.71. The van der Waals surface area contributed by atoms with Crippen LogP contribution in [0.4, 0.5) is 0 Å². The molecular formula is C18H16ClN3O2. The number of carbonyl (C=O) groups is 1. The first-order valence-electron chi connectivity index (χ1n) is 7.45. The molecule has 0 radical (unpaired) electrons. The van der Waals surface area contributed by atoms with Crippen LogP contribution in [0.2, 0.25) is 5.02 Å². The van der Waals surface area contributed by atoms with Crippen LogP contribution in [0.5, 0.6) is 0 Å². The molecule has 24 heavy (non-hydrogen) atoms. The van der Waals surface area contributed by atoms with E-state index in [2.05, 4.69) is 10.4 Å². The Bertz CT molecular complexity index is 799. The predicted octanol–water partition coefficient (Wildman–Crippen LogP) is 2.99. The van der Waals surface area contributed by atoms with Crippen molar-refractivity contribution in [3.05, 3.63) is 83.1 Å². The Balaban J connectivity index is 1.59. The van der Waals surface area contributed by atoms with Crippen LogP contribution in [0, 0.1) is 0 Å². The first-order valence-corrected chi connectivity index (χ1v) is 7.83. The molecule has 1 aromatic heterocycles. The molecular weight excluding hydrogens is 326 g/mol. The van der Waals surface area contributed by atoms with Gasteiger partial charge in [-0.1, -0.05) is 23.7 Å². The molecule has 2 aromatic carbocycles. The van der Waals surface area contributed by atoms with Crippen LogP contribution in [0.25, 0.3) is 5.69 Å². The van der Waals surface area contributed by atoms with Crippen LogP contribution >= 0.6 is 11.6 Å². The van der Waals surface area contributed by atoms with E-state index < -0.39 is 6.10 Å². The highest BCUT2D eigenvalue weighted by Crippen LogP contribution is 2.16. The minimum absolute atomic E-state index is 0.126. The van der Waals surface area contributed by atoms with Crippen LogP contribution in [0.15, 0.2) is 67.0 Å². The largest absolute Gasteiger partial charge is 0.387 e. The van der Waals surface area contributed by atoms with Crippen LogP contribution < -0.4 is 5.32 Å². The second kappa shape index (κ2) is 7.29. The Hall–Kier alpha value is -2.63. The molecule has 3 rings (SSSR count). The number of nitrogens with zero attached hydrogens (tertiary/aromatic N) is 2. The summed E-state index contributed by atoms with van der Waals surface area (Å²) in [5.74, 6) is -0.241. The quantitative estimate of drug-likeness (QED) is 0.749. The molecule has 0 fully saturated rings. The lowest BCUT2D eigenvalue weighted by atomic mass is 10.1. The first-order chi connectivity index (χ1) is 11.6. The zero-order valence-corrected chi connectivity index (χ0v) is 13.5. The number of aliphatic hydroxyl groups excluding tert-OH is 1. The van der Waals surface area contributed by atoms with Gasteiger partial charge in [0.25, 0.3) is 5.91 Å². The summed E-state index contributed by atoms with van der Waals surface area (Å²) in [4.78, 5) is 12.2. The van der Waals surface area contributed by atoms with Gasteiger partial charge in [0, 0.05) is 29.5 Å². The summed E-state index contributed by atoms with van der Waals surface area (Å²) in [6.07, 6.45) is 2.74. The number of aromatic nitrogens is 2. The second-order valence-corrected chi connectivity index (χ2v) is 5.71. The molecule has 3 aromatic rings. The number of hydrogen-bond acceptors (Lipinski definition) is 3. The van der Waals surface area contributed by atoms with Crippen LogP contribution in [0.3, 0.4) is 0 Å². The predicted molar refractivity (Wildman–Crippen MR) is 92.3 cm³/mol. The van der Waals surface area contributed by atoms with Gasteiger partial charge < -0.3 is 10.4 Å². The van der Waals surface area contributed by atoms with E-state index in [0.29, 0.717) is 16.1 Å². The summed E-state index contributed by atoms with van der Waals surface area (Å²) in [6.45, 7) is 0.126. The van der Waals surface area contributed by atoms with E-state index in [1.54, 1.807) is 47.3 Å². The number of rotatable bonds is 5. The zero-order chi connectivity index (χ0) is 16.9. The van der Waals surface area contributed by atoms with Gasteiger partial charge in [-0.15, -0.1) is 0 Å². The van der Waals surface area contributed by atoms with Crippen LogP contribution in [-0.4, -0.2) is 27.3 Å². The highest BCUT2D eigenvalue weighted by molar-refractivity contribution is 6.30. The zero-order valence-electron chi connectivity index (χ0n) is 12.8. The second-order valence-electron chi connectivity index (χ2n) is 5.27. The van der Waals surface area contributed by atoms with E-state index >= 15 is 0 Å². The minimum atomic E-state index is -0.783. The molecule has 0 aliphatic carbocycles. The number of aliphatic hydroxyl groups is 1. The van der Waals surface area contributed by atoms with E-state index in [4.69, 9.17) is 11.6 Å². The third kappa shape index (κ3) is 3.82. The van der Waals surface area contributed by atoms with Crippen molar-refractivity contribution in [1.82, 2.24) is 15.1 Å². The highest BCUT2D eigenvalue weighted by Gasteiger charge is 2.11. The molecule has 122 valence electrons. The van der Waals surface area contributed by atoms with E-state index in [9.17, 15) is 9.90 Å². The fraction of sp³-hybridized carbons (Fsp3) is 0.111. The lowest BCUT2D eigenvalue weighted by Crippen LogP contribution is -2.28. The monoisotopic (exact) mass is 341 g/mol. The van der Waals surface area contributed by atoms with Gasteiger partial charge >= 0.3 is 0 Å². The number of halogens is 1. The fourth-order valence-corrected chi connectivity index (χ4v) is 2.41. The van der Waals surface area contributed by atoms with Gasteiger partial charge in [-0.05, 0) is 48.0 Å². The van der Waals surface area contributed by atoms with Gasteiger partial charge in [0.05, 0.1) is 11.8 Å². The number of nitrogens with one attached hydrogen (secondary N) is 1. The van der Waals surface area contributed by atoms with Crippen molar-refractivity contribution >= 4 is 17.5 Å². The maximum Gasteiger partial charge on any atom is 0.251 e. The van der Waals surface area contributed by atoms with Crippen molar-refractivity contribution in [2.45, 2.75) is 6.10 Å². The van der Waals surface area contributed by atoms with E-state index in [0.717, 1.165) is 5.69 Å². The number of carbonyl (C=O) groups excluding carboxylic acids is 1. The summed E-state index contributed by atoms with van der Waals surface area (Å²) >= 11 is 5.82. The number of amides is 1. The molecule has 2 N–H and O–H groups in total. The third-order valence-corrected chi connectivity index (χ3v) is 3.86. The molecule has 1 amide bonds. The Kier molecular flexibility index (Phi) is 4.93. The van der Waals surface area contributed by atoms with Crippen molar-refractivity contribution in [3.8, 4) is 5.69 Å². The van der Waals surface area contributed by atoms with Crippen LogP contribution in [-0.2, 0) is 0 Å². The fourth-order valence-electron chi connectivity index (χ4n) is 2.28. The molecule has 1 heterocycles. The van der Waals surface area contributed by atoms with Crippen molar-refractivity contribution in [1.29, 1.82) is 0 Å². The Morgan fingerprint density at radius 1 is 1.17 bits per heavy atom. The molecule has 0 saturated heterocycles. The van der Waals surface area contributed by atoms with Gasteiger partial charge in [-0.25, -0.2) is 4.68 Å². The van der Waals surface area contributed by atoms with E-state index in [1.807, 2.05) is 24.4 Å². The van der Waals surface area contributed by atoms with Crippen molar-refractivity contribution in [3.63, 3.8) is 0 Å². The highest BCUT2D eigenvalue weighted by atomic mass is 35.5. The van der Waals surface area contributed by atoms with Gasteiger partial charge in [-0.3, -0.25) is 4.79 Å².